The Kier molecular flexibility index (Phi) is 2.55. The Morgan fingerprint density at radius 3 is 2.67 bits per heavy atom. The van der Waals surface area contributed by atoms with Gasteiger partial charge in [0.15, 0.2) is 0 Å². The maximum absolute atomic E-state index is 12.3. The molecule has 0 saturated heterocycles. The summed E-state index contributed by atoms with van der Waals surface area (Å²) in [6, 6.07) is 0.247. The van der Waals surface area contributed by atoms with Crippen molar-refractivity contribution in [2.45, 2.75) is 6.18 Å². The van der Waals surface area contributed by atoms with Crippen LogP contribution in [0.25, 0.3) is 0 Å². The number of hydrogen-bond acceptors (Lipinski definition) is 6. The average Bonchev–Trinajstić information content (AvgIpc) is 2.96. The van der Waals surface area contributed by atoms with Gasteiger partial charge in [-0.25, -0.2) is 9.78 Å². The molecule has 0 amide bonds. The normalized spacial score (nSPS) is 11.2. The minimum atomic E-state index is -4.85. The third-order valence-electron chi connectivity index (χ3n) is 1.76. The number of carbonyl (C=O) groups is 1. The molecule has 0 saturated carbocycles. The summed E-state index contributed by atoms with van der Waals surface area (Å²) in [6.45, 7) is 0. The van der Waals surface area contributed by atoms with Crippen molar-refractivity contribution in [3.63, 3.8) is 0 Å². The highest BCUT2D eigenvalue weighted by Gasteiger charge is 2.38. The van der Waals surface area contributed by atoms with E-state index in [1.165, 1.54) is 6.07 Å². The number of carbonyl (C=O) groups excluding carboxylic acids is 1. The average molecular weight is 257 g/mol. The van der Waals surface area contributed by atoms with Crippen LogP contribution in [-0.2, 0) is 6.18 Å². The lowest BCUT2D eigenvalue weighted by molar-refractivity contribution is -0.144. The van der Waals surface area contributed by atoms with Crippen molar-refractivity contribution in [1.82, 2.24) is 29.5 Å². The lowest BCUT2D eigenvalue weighted by Gasteiger charge is -1.99. The Labute approximate surface area is 96.3 Å². The summed E-state index contributed by atoms with van der Waals surface area (Å²) in [5.41, 5.74) is 0. The number of rotatable bonds is 0. The van der Waals surface area contributed by atoms with Crippen LogP contribution in [0, 0.1) is 11.3 Å². The maximum Gasteiger partial charge on any atom is 0.453 e. The topological polar surface area (TPSA) is 102 Å². The minimum Gasteiger partial charge on any atom is -0.243 e. The van der Waals surface area contributed by atoms with Gasteiger partial charge < -0.3 is 0 Å². The second-order valence-corrected chi connectivity index (χ2v) is 2.90. The van der Waals surface area contributed by atoms with Crippen LogP contribution in [0.4, 0.5) is 18.0 Å². The Balaban J connectivity index is 2.49. The summed E-state index contributed by atoms with van der Waals surface area (Å²) in [7, 11) is 0. The van der Waals surface area contributed by atoms with E-state index in [0.29, 0.717) is 4.68 Å². The number of aromatic nitrogens is 6. The zero-order valence-corrected chi connectivity index (χ0v) is 8.33. The lowest BCUT2D eigenvalue weighted by atomic mass is 10.6. The number of hydrogen-bond donors (Lipinski definition) is 0. The van der Waals surface area contributed by atoms with Crippen LogP contribution in [0.3, 0.4) is 0 Å². The zero-order valence-electron chi connectivity index (χ0n) is 8.33. The van der Waals surface area contributed by atoms with E-state index in [0.717, 1.165) is 12.7 Å². The molecule has 0 radical (unpaired) electrons. The zero-order chi connectivity index (χ0) is 13.3. The molecule has 0 fully saturated rings. The molecular formula is C7H2F3N7O. The first kappa shape index (κ1) is 11.7. The molecule has 2 aromatic rings. The van der Waals surface area contributed by atoms with Crippen LogP contribution in [0.15, 0.2) is 12.7 Å². The molecule has 0 atom stereocenters. The van der Waals surface area contributed by atoms with Gasteiger partial charge in [-0.3, -0.25) is 0 Å². The van der Waals surface area contributed by atoms with Crippen molar-refractivity contribution in [2.75, 3.05) is 0 Å². The fourth-order valence-electron chi connectivity index (χ4n) is 1.04. The fraction of sp³-hybridized carbons (Fsp3) is 0.143. The van der Waals surface area contributed by atoms with Crippen molar-refractivity contribution in [3.05, 3.63) is 24.3 Å². The number of nitriles is 1. The first-order chi connectivity index (χ1) is 8.43. The summed E-state index contributed by atoms with van der Waals surface area (Å²) in [5.74, 6) is -2.37. The van der Waals surface area contributed by atoms with Crippen molar-refractivity contribution in [3.8, 4) is 6.07 Å². The number of nitrogens with zero attached hydrogens (tertiary/aromatic N) is 7. The molecular weight excluding hydrogens is 255 g/mol. The smallest absolute Gasteiger partial charge is 0.243 e. The summed E-state index contributed by atoms with van der Waals surface area (Å²) < 4.78 is 37.8. The molecule has 2 aromatic heterocycles. The Morgan fingerprint density at radius 2 is 2.17 bits per heavy atom. The van der Waals surface area contributed by atoms with E-state index in [-0.39, 0.29) is 4.68 Å². The summed E-state index contributed by atoms with van der Waals surface area (Å²) >= 11 is 0. The SMILES string of the molecule is N#Cc1nc(C(F)(F)F)nn1C(=O)n1cncn1. The predicted octanol–water partition coefficient (Wildman–Crippen LogP) is 0.276. The van der Waals surface area contributed by atoms with Crippen LogP contribution in [-0.4, -0.2) is 35.6 Å². The van der Waals surface area contributed by atoms with Crippen molar-refractivity contribution in [1.29, 1.82) is 5.26 Å². The molecule has 8 nitrogen and oxygen atoms in total. The quantitative estimate of drug-likeness (QED) is 0.671. The van der Waals surface area contributed by atoms with Gasteiger partial charge in [0, 0.05) is 0 Å². The van der Waals surface area contributed by atoms with E-state index in [1.807, 2.05) is 0 Å². The van der Waals surface area contributed by atoms with Gasteiger partial charge in [-0.05, 0) is 0 Å². The van der Waals surface area contributed by atoms with Gasteiger partial charge in [-0.1, -0.05) is 0 Å². The van der Waals surface area contributed by atoms with E-state index in [2.05, 4.69) is 20.2 Å². The molecule has 2 heterocycles. The van der Waals surface area contributed by atoms with Gasteiger partial charge in [-0.2, -0.15) is 33.2 Å². The third kappa shape index (κ3) is 1.90. The van der Waals surface area contributed by atoms with Gasteiger partial charge in [0.1, 0.15) is 18.7 Å². The third-order valence-corrected chi connectivity index (χ3v) is 1.76. The van der Waals surface area contributed by atoms with E-state index in [1.54, 1.807) is 0 Å². The van der Waals surface area contributed by atoms with Gasteiger partial charge >= 0.3 is 12.2 Å². The van der Waals surface area contributed by atoms with E-state index >= 15 is 0 Å². The maximum atomic E-state index is 12.3. The van der Waals surface area contributed by atoms with Gasteiger partial charge in [0.2, 0.25) is 5.82 Å². The molecule has 0 N–H and O–H groups in total. The molecule has 0 aliphatic rings. The monoisotopic (exact) mass is 257 g/mol. The summed E-state index contributed by atoms with van der Waals surface area (Å²) in [4.78, 5) is 18.0. The first-order valence-corrected chi connectivity index (χ1v) is 4.27. The van der Waals surface area contributed by atoms with Crippen LogP contribution in [0.2, 0.25) is 0 Å². The highest BCUT2D eigenvalue weighted by molar-refractivity contribution is 5.78. The van der Waals surface area contributed by atoms with Crippen LogP contribution < -0.4 is 0 Å². The molecule has 0 aliphatic carbocycles. The first-order valence-electron chi connectivity index (χ1n) is 4.27. The van der Waals surface area contributed by atoms with E-state index in [4.69, 9.17) is 5.26 Å². The van der Waals surface area contributed by atoms with E-state index in [9.17, 15) is 18.0 Å². The highest BCUT2D eigenvalue weighted by atomic mass is 19.4. The van der Waals surface area contributed by atoms with E-state index < -0.39 is 23.9 Å². The molecule has 11 heteroatoms. The molecule has 2 rings (SSSR count). The Morgan fingerprint density at radius 1 is 1.44 bits per heavy atom. The summed E-state index contributed by atoms with van der Waals surface area (Å²) in [6.07, 6.45) is -2.89. The highest BCUT2D eigenvalue weighted by Crippen LogP contribution is 2.26. The number of halogens is 3. The van der Waals surface area contributed by atoms with Crippen LogP contribution >= 0.6 is 0 Å². The minimum absolute atomic E-state index is 0.206. The predicted molar refractivity (Wildman–Crippen MR) is 46.0 cm³/mol. The second kappa shape index (κ2) is 3.91. The molecule has 18 heavy (non-hydrogen) atoms. The van der Waals surface area contributed by atoms with Crippen molar-refractivity contribution in [2.24, 2.45) is 0 Å². The van der Waals surface area contributed by atoms with Crippen molar-refractivity contribution >= 4 is 6.03 Å². The molecule has 0 bridgehead atoms. The summed E-state index contributed by atoms with van der Waals surface area (Å²) in [5, 5.41) is 14.9. The van der Waals surface area contributed by atoms with Crippen LogP contribution in [0.5, 0.6) is 0 Å². The second-order valence-electron chi connectivity index (χ2n) is 2.90. The van der Waals surface area contributed by atoms with Crippen LogP contribution in [0.1, 0.15) is 11.6 Å². The van der Waals surface area contributed by atoms with Gasteiger partial charge in [0.25, 0.3) is 5.82 Å². The Hall–Kier alpha value is -2.77. The number of alkyl halides is 3. The lowest BCUT2D eigenvalue weighted by Crippen LogP contribution is -2.23. The fourth-order valence-corrected chi connectivity index (χ4v) is 1.04. The molecule has 0 aromatic carbocycles. The molecule has 92 valence electrons. The standard InChI is InChI=1S/C7H2F3N7O/c8-7(9,10)5-14-4(1-11)17(15-5)6(18)16-3-12-2-13-16/h2-3H. The molecule has 0 aliphatic heterocycles. The molecule has 0 spiro atoms. The van der Waals surface area contributed by atoms with Crippen molar-refractivity contribution < 1.29 is 18.0 Å². The largest absolute Gasteiger partial charge is 0.453 e. The van der Waals surface area contributed by atoms with Gasteiger partial charge in [-0.15, -0.1) is 9.78 Å². The Bertz CT molecular complexity index is 620. The molecule has 0 unspecified atom stereocenters. The van der Waals surface area contributed by atoms with Gasteiger partial charge in [0.05, 0.1) is 0 Å².